The zero-order chi connectivity index (χ0) is 19.8. The molecule has 2 heterocycles. The van der Waals surface area contributed by atoms with Gasteiger partial charge in [0.25, 0.3) is 5.56 Å². The zero-order valence-corrected chi connectivity index (χ0v) is 16.4. The Morgan fingerprint density at radius 2 is 1.82 bits per heavy atom. The number of thiophene rings is 1. The Labute approximate surface area is 171 Å². The van der Waals surface area contributed by atoms with Gasteiger partial charge in [-0.2, -0.15) is 13.7 Å². The Kier molecular flexibility index (Phi) is 4.92. The van der Waals surface area contributed by atoms with Crippen molar-refractivity contribution in [3.63, 3.8) is 0 Å². The van der Waals surface area contributed by atoms with Crippen LogP contribution in [0.3, 0.4) is 0 Å². The molecule has 28 heavy (non-hydrogen) atoms. The number of benzene rings is 2. The molecule has 0 atom stereocenters. The minimum absolute atomic E-state index is 0.0955. The van der Waals surface area contributed by atoms with E-state index in [1.54, 1.807) is 29.6 Å². The predicted molar refractivity (Wildman–Crippen MR) is 111 cm³/mol. The van der Waals surface area contributed by atoms with E-state index in [9.17, 15) is 13.5 Å². The summed E-state index contributed by atoms with van der Waals surface area (Å²) < 4.78 is 13.8. The van der Waals surface area contributed by atoms with Crippen LogP contribution in [0.25, 0.3) is 16.5 Å². The lowest BCUT2D eigenvalue weighted by atomic mass is 10.1. The molecule has 4 aromatic rings. The van der Waals surface area contributed by atoms with Gasteiger partial charge in [0.2, 0.25) is 5.78 Å². The monoisotopic (exact) mass is 431 g/mol. The van der Waals surface area contributed by atoms with E-state index in [2.05, 4.69) is 5.10 Å². The highest BCUT2D eigenvalue weighted by Gasteiger charge is 2.21. The lowest BCUT2D eigenvalue weighted by Gasteiger charge is -2.09. The molecule has 4 rings (SSSR count). The van der Waals surface area contributed by atoms with Gasteiger partial charge in [0, 0.05) is 26.2 Å². The molecule has 0 bridgehead atoms. The molecule has 0 aliphatic carbocycles. The van der Waals surface area contributed by atoms with Crippen molar-refractivity contribution in [2.24, 2.45) is 0 Å². The molecule has 0 saturated carbocycles. The first-order chi connectivity index (χ1) is 13.5. The first-order valence-electron chi connectivity index (χ1n) is 7.99. The third-order valence-electron chi connectivity index (χ3n) is 4.17. The van der Waals surface area contributed by atoms with E-state index >= 15 is 0 Å². The summed E-state index contributed by atoms with van der Waals surface area (Å²) in [5, 5.41) is 7.42. The van der Waals surface area contributed by atoms with E-state index in [-0.39, 0.29) is 29.0 Å². The maximum absolute atomic E-state index is 13.1. The SMILES string of the molecule is Nc1scc2c(C(=O)c3ccc(SF)cc3)nn(-c3ccc(Cl)cc3)c(=O)c12. The summed E-state index contributed by atoms with van der Waals surface area (Å²) in [4.78, 5) is 26.4. The molecule has 0 unspecified atom stereocenters. The number of anilines is 1. The van der Waals surface area contributed by atoms with E-state index in [1.807, 2.05) is 0 Å². The van der Waals surface area contributed by atoms with Crippen molar-refractivity contribution in [1.29, 1.82) is 0 Å². The quantitative estimate of drug-likeness (QED) is 0.465. The summed E-state index contributed by atoms with van der Waals surface area (Å²) in [5.41, 5.74) is 6.46. The van der Waals surface area contributed by atoms with E-state index < -0.39 is 5.56 Å². The van der Waals surface area contributed by atoms with Crippen LogP contribution in [0.4, 0.5) is 8.89 Å². The molecular weight excluding hydrogens is 421 g/mol. The summed E-state index contributed by atoms with van der Waals surface area (Å²) in [5.74, 6) is -0.388. The van der Waals surface area contributed by atoms with E-state index in [4.69, 9.17) is 17.3 Å². The number of nitrogens with two attached hydrogens (primary N) is 1. The van der Waals surface area contributed by atoms with Gasteiger partial charge in [-0.05, 0) is 48.5 Å². The van der Waals surface area contributed by atoms with Crippen LogP contribution in [0.15, 0.2) is 63.6 Å². The summed E-state index contributed by atoms with van der Waals surface area (Å²) in [6.45, 7) is 0. The molecule has 140 valence electrons. The molecule has 0 spiro atoms. The molecule has 9 heteroatoms. The van der Waals surface area contributed by atoms with Crippen LogP contribution >= 0.6 is 35.1 Å². The number of carbonyl (C=O) groups is 1. The standard InChI is InChI=1S/C19H11ClFN3O2S2/c20-11-3-5-12(6-4-11)24-19(26)15-14(9-27-18(15)22)16(23-24)17(25)10-1-7-13(28-21)8-2-10/h1-9H,22H2. The molecule has 0 amide bonds. The Morgan fingerprint density at radius 3 is 2.46 bits per heavy atom. The Hall–Kier alpha value is -2.68. The number of aromatic nitrogens is 2. The molecule has 0 saturated heterocycles. The number of ketones is 1. The van der Waals surface area contributed by atoms with Crippen molar-refractivity contribution in [3.05, 3.63) is 80.5 Å². The molecule has 2 aromatic carbocycles. The minimum atomic E-state index is -0.420. The third-order valence-corrected chi connectivity index (χ3v) is 5.69. The molecule has 2 N–H and O–H groups in total. The number of nitrogen functional groups attached to an aromatic ring is 1. The topological polar surface area (TPSA) is 78.0 Å². The maximum atomic E-state index is 13.1. The average Bonchev–Trinajstić information content (AvgIpc) is 3.11. The van der Waals surface area contributed by atoms with E-state index in [1.165, 1.54) is 35.6 Å². The normalized spacial score (nSPS) is 11.1. The van der Waals surface area contributed by atoms with Gasteiger partial charge in [0.1, 0.15) is 5.69 Å². The van der Waals surface area contributed by atoms with Crippen molar-refractivity contribution in [3.8, 4) is 5.69 Å². The second-order valence-corrected chi connectivity index (χ2v) is 7.83. The molecule has 2 aromatic heterocycles. The molecule has 0 fully saturated rings. The van der Waals surface area contributed by atoms with Gasteiger partial charge in [-0.3, -0.25) is 9.59 Å². The van der Waals surface area contributed by atoms with Crippen molar-refractivity contribution in [2.75, 3.05) is 5.73 Å². The zero-order valence-electron chi connectivity index (χ0n) is 14.1. The fraction of sp³-hybridized carbons (Fsp3) is 0. The fourth-order valence-corrected chi connectivity index (χ4v) is 3.95. The highest BCUT2D eigenvalue weighted by atomic mass is 35.5. The van der Waals surface area contributed by atoms with Gasteiger partial charge in [0.05, 0.1) is 28.2 Å². The van der Waals surface area contributed by atoms with Crippen LogP contribution in [-0.2, 0) is 0 Å². The average molecular weight is 432 g/mol. The Bertz CT molecular complexity index is 1250. The minimum Gasteiger partial charge on any atom is -0.390 e. The number of nitrogens with zero attached hydrogens (tertiary/aromatic N) is 2. The first kappa shape index (κ1) is 18.7. The number of fused-ring (bicyclic) bond motifs is 1. The van der Waals surface area contributed by atoms with Crippen molar-refractivity contribution in [2.45, 2.75) is 4.90 Å². The van der Waals surface area contributed by atoms with Crippen molar-refractivity contribution < 1.29 is 8.68 Å². The smallest absolute Gasteiger partial charge is 0.282 e. The third kappa shape index (κ3) is 3.19. The summed E-state index contributed by atoms with van der Waals surface area (Å²) in [7, 11) is 0. The van der Waals surface area contributed by atoms with E-state index in [0.29, 0.717) is 31.6 Å². The maximum Gasteiger partial charge on any atom is 0.282 e. The molecule has 0 aliphatic heterocycles. The van der Waals surface area contributed by atoms with Gasteiger partial charge in [-0.25, -0.2) is 0 Å². The summed E-state index contributed by atoms with van der Waals surface area (Å²) in [6, 6.07) is 12.6. The number of rotatable bonds is 4. The second-order valence-electron chi connectivity index (χ2n) is 5.86. The van der Waals surface area contributed by atoms with Crippen LogP contribution in [0.2, 0.25) is 5.02 Å². The van der Waals surface area contributed by atoms with E-state index in [0.717, 1.165) is 4.68 Å². The van der Waals surface area contributed by atoms with Crippen LogP contribution in [-0.4, -0.2) is 15.6 Å². The highest BCUT2D eigenvalue weighted by molar-refractivity contribution is 7.94. The Morgan fingerprint density at radius 1 is 1.14 bits per heavy atom. The fourth-order valence-electron chi connectivity index (χ4n) is 2.79. The lowest BCUT2D eigenvalue weighted by Crippen LogP contribution is -2.24. The van der Waals surface area contributed by atoms with Crippen LogP contribution < -0.4 is 11.3 Å². The van der Waals surface area contributed by atoms with Crippen molar-refractivity contribution >= 4 is 56.6 Å². The summed E-state index contributed by atoms with van der Waals surface area (Å²) in [6.07, 6.45) is 0. The van der Waals surface area contributed by atoms with Gasteiger partial charge >= 0.3 is 0 Å². The van der Waals surface area contributed by atoms with Gasteiger partial charge in [-0.1, -0.05) is 11.6 Å². The lowest BCUT2D eigenvalue weighted by molar-refractivity contribution is 0.103. The van der Waals surface area contributed by atoms with Gasteiger partial charge in [-0.15, -0.1) is 11.3 Å². The van der Waals surface area contributed by atoms with Crippen molar-refractivity contribution in [1.82, 2.24) is 9.78 Å². The van der Waals surface area contributed by atoms with Crippen LogP contribution in [0.1, 0.15) is 16.1 Å². The van der Waals surface area contributed by atoms with Crippen LogP contribution in [0.5, 0.6) is 0 Å². The summed E-state index contributed by atoms with van der Waals surface area (Å²) >= 11 is 7.18. The molecule has 0 radical (unpaired) electrons. The number of halogens is 2. The Balaban J connectivity index is 1.94. The predicted octanol–water partition coefficient (Wildman–Crippen LogP) is 4.89. The number of hydrogen-bond donors (Lipinski definition) is 1. The molecular formula is C19H11ClFN3O2S2. The molecule has 0 aliphatic rings. The largest absolute Gasteiger partial charge is 0.390 e. The highest BCUT2D eigenvalue weighted by Crippen LogP contribution is 2.29. The number of hydrogen-bond acceptors (Lipinski definition) is 6. The van der Waals surface area contributed by atoms with Gasteiger partial charge in [0.15, 0.2) is 0 Å². The first-order valence-corrected chi connectivity index (χ1v) is 9.96. The van der Waals surface area contributed by atoms with Crippen LogP contribution in [0, 0.1) is 0 Å². The molecule has 5 nitrogen and oxygen atoms in total. The second kappa shape index (κ2) is 7.38. The number of carbonyl (C=O) groups excluding carboxylic acids is 1. The van der Waals surface area contributed by atoms with Gasteiger partial charge < -0.3 is 5.73 Å².